The molecule has 1 aliphatic carbocycles. The summed E-state index contributed by atoms with van der Waals surface area (Å²) in [7, 11) is 0. The molecule has 0 bridgehead atoms. The molecule has 0 aliphatic heterocycles. The third-order valence-corrected chi connectivity index (χ3v) is 4.11. The fraction of sp³-hybridized carbons (Fsp3) is 0.316. The largest absolute Gasteiger partial charge is 0.492 e. The molecule has 0 unspecified atom stereocenters. The fourth-order valence-corrected chi connectivity index (χ4v) is 2.89. The topological polar surface area (TPSA) is 64.3 Å². The SMILES string of the molecule is NCCOc1ccc(NC(=O)c2ccc3c(c2)CCCC3)cc1. The molecule has 0 spiro atoms. The number of ether oxygens (including phenoxy) is 1. The summed E-state index contributed by atoms with van der Waals surface area (Å²) in [5.74, 6) is 0.677. The van der Waals surface area contributed by atoms with E-state index in [4.69, 9.17) is 10.5 Å². The molecule has 0 heterocycles. The maximum Gasteiger partial charge on any atom is 0.255 e. The van der Waals surface area contributed by atoms with Crippen LogP contribution in [0.15, 0.2) is 42.5 Å². The molecule has 0 atom stereocenters. The first-order valence-electron chi connectivity index (χ1n) is 8.12. The van der Waals surface area contributed by atoms with Crippen molar-refractivity contribution in [2.24, 2.45) is 5.73 Å². The zero-order chi connectivity index (χ0) is 16.1. The van der Waals surface area contributed by atoms with Crippen LogP contribution in [0.25, 0.3) is 0 Å². The number of carbonyl (C=O) groups is 1. The van der Waals surface area contributed by atoms with Gasteiger partial charge in [-0.1, -0.05) is 6.07 Å². The number of amides is 1. The number of aryl methyl sites for hydroxylation is 2. The number of benzene rings is 2. The summed E-state index contributed by atoms with van der Waals surface area (Å²) in [6.45, 7) is 0.970. The van der Waals surface area contributed by atoms with Crippen molar-refractivity contribution < 1.29 is 9.53 Å². The van der Waals surface area contributed by atoms with Gasteiger partial charge in [0.1, 0.15) is 12.4 Å². The summed E-state index contributed by atoms with van der Waals surface area (Å²) >= 11 is 0. The van der Waals surface area contributed by atoms with Crippen LogP contribution in [0.3, 0.4) is 0 Å². The molecule has 1 amide bonds. The second-order valence-electron chi connectivity index (χ2n) is 5.81. The van der Waals surface area contributed by atoms with Crippen LogP contribution in [0.2, 0.25) is 0 Å². The number of hydrogen-bond donors (Lipinski definition) is 2. The van der Waals surface area contributed by atoms with Crippen LogP contribution in [0.4, 0.5) is 5.69 Å². The van der Waals surface area contributed by atoms with E-state index in [1.54, 1.807) is 0 Å². The lowest BCUT2D eigenvalue weighted by Crippen LogP contribution is -2.14. The quantitative estimate of drug-likeness (QED) is 0.891. The van der Waals surface area contributed by atoms with Gasteiger partial charge in [0, 0.05) is 17.8 Å². The highest BCUT2D eigenvalue weighted by Gasteiger charge is 2.13. The average Bonchev–Trinajstić information content (AvgIpc) is 2.60. The number of nitrogens with two attached hydrogens (primary N) is 1. The summed E-state index contributed by atoms with van der Waals surface area (Å²) in [4.78, 5) is 12.4. The highest BCUT2D eigenvalue weighted by atomic mass is 16.5. The van der Waals surface area contributed by atoms with Crippen molar-refractivity contribution in [3.05, 3.63) is 59.2 Å². The molecule has 23 heavy (non-hydrogen) atoms. The Morgan fingerprint density at radius 2 is 1.78 bits per heavy atom. The van der Waals surface area contributed by atoms with Crippen LogP contribution in [-0.2, 0) is 12.8 Å². The maximum atomic E-state index is 12.4. The molecule has 0 aromatic heterocycles. The van der Waals surface area contributed by atoms with Crippen molar-refractivity contribution >= 4 is 11.6 Å². The fourth-order valence-electron chi connectivity index (χ4n) is 2.89. The second kappa shape index (κ2) is 7.29. The number of nitrogens with one attached hydrogen (secondary N) is 1. The minimum absolute atomic E-state index is 0.0750. The van der Waals surface area contributed by atoms with E-state index >= 15 is 0 Å². The molecule has 2 aromatic carbocycles. The van der Waals surface area contributed by atoms with E-state index in [0.717, 1.165) is 24.3 Å². The smallest absolute Gasteiger partial charge is 0.255 e. The Morgan fingerprint density at radius 1 is 1.04 bits per heavy atom. The van der Waals surface area contributed by atoms with E-state index < -0.39 is 0 Å². The van der Waals surface area contributed by atoms with Gasteiger partial charge >= 0.3 is 0 Å². The van der Waals surface area contributed by atoms with Crippen LogP contribution in [-0.4, -0.2) is 19.1 Å². The summed E-state index contributed by atoms with van der Waals surface area (Å²) in [6.07, 6.45) is 4.66. The predicted octanol–water partition coefficient (Wildman–Crippen LogP) is 3.16. The molecule has 3 N–H and O–H groups in total. The highest BCUT2D eigenvalue weighted by Crippen LogP contribution is 2.23. The summed E-state index contributed by atoms with van der Waals surface area (Å²) in [5, 5.41) is 2.93. The van der Waals surface area contributed by atoms with E-state index in [0.29, 0.717) is 18.7 Å². The Kier molecular flexibility index (Phi) is 4.93. The van der Waals surface area contributed by atoms with E-state index in [-0.39, 0.29) is 5.91 Å². The Hall–Kier alpha value is -2.33. The van der Waals surface area contributed by atoms with Crippen LogP contribution < -0.4 is 15.8 Å². The van der Waals surface area contributed by atoms with Crippen molar-refractivity contribution in [1.29, 1.82) is 0 Å². The first kappa shape index (κ1) is 15.6. The van der Waals surface area contributed by atoms with E-state index in [2.05, 4.69) is 11.4 Å². The molecular weight excluding hydrogens is 288 g/mol. The standard InChI is InChI=1S/C19H22N2O2/c20-11-12-23-18-9-7-17(8-10-18)21-19(22)16-6-5-14-3-1-2-4-15(14)13-16/h5-10,13H,1-4,11-12,20H2,(H,21,22). The molecule has 1 aliphatic rings. The molecule has 0 saturated carbocycles. The normalized spacial score (nSPS) is 13.3. The maximum absolute atomic E-state index is 12.4. The van der Waals surface area contributed by atoms with E-state index in [1.165, 1.54) is 24.0 Å². The number of carbonyl (C=O) groups excluding carboxylic acids is 1. The Bertz CT molecular complexity index is 680. The highest BCUT2D eigenvalue weighted by molar-refractivity contribution is 6.04. The van der Waals surface area contributed by atoms with Gasteiger partial charge in [0.25, 0.3) is 5.91 Å². The molecule has 120 valence electrons. The molecule has 0 radical (unpaired) electrons. The lowest BCUT2D eigenvalue weighted by molar-refractivity contribution is 0.102. The summed E-state index contributed by atoms with van der Waals surface area (Å²) < 4.78 is 5.42. The number of rotatable bonds is 5. The minimum atomic E-state index is -0.0750. The average molecular weight is 310 g/mol. The van der Waals surface area contributed by atoms with Crippen molar-refractivity contribution in [1.82, 2.24) is 0 Å². The molecular formula is C19H22N2O2. The van der Waals surface area contributed by atoms with Gasteiger partial charge in [0.05, 0.1) is 0 Å². The lowest BCUT2D eigenvalue weighted by Gasteiger charge is -2.16. The van der Waals surface area contributed by atoms with Gasteiger partial charge in [-0.25, -0.2) is 0 Å². The van der Waals surface area contributed by atoms with Gasteiger partial charge in [-0.3, -0.25) is 4.79 Å². The Labute approximate surface area is 136 Å². The number of anilines is 1. The first-order chi connectivity index (χ1) is 11.3. The molecule has 0 fully saturated rings. The third-order valence-electron chi connectivity index (χ3n) is 4.11. The van der Waals surface area contributed by atoms with Gasteiger partial charge in [-0.05, 0) is 73.2 Å². The summed E-state index contributed by atoms with van der Waals surface area (Å²) in [6, 6.07) is 13.4. The zero-order valence-electron chi connectivity index (χ0n) is 13.2. The van der Waals surface area contributed by atoms with E-state index in [1.807, 2.05) is 36.4 Å². The van der Waals surface area contributed by atoms with Crippen molar-refractivity contribution in [2.75, 3.05) is 18.5 Å². The van der Waals surface area contributed by atoms with Gasteiger partial charge in [-0.2, -0.15) is 0 Å². The van der Waals surface area contributed by atoms with Crippen LogP contribution in [0.1, 0.15) is 34.3 Å². The Balaban J connectivity index is 1.66. The Morgan fingerprint density at radius 3 is 2.52 bits per heavy atom. The van der Waals surface area contributed by atoms with Crippen molar-refractivity contribution in [3.63, 3.8) is 0 Å². The lowest BCUT2D eigenvalue weighted by atomic mass is 9.90. The third kappa shape index (κ3) is 3.90. The molecule has 0 saturated heterocycles. The predicted molar refractivity (Wildman–Crippen MR) is 92.0 cm³/mol. The van der Waals surface area contributed by atoms with Crippen molar-refractivity contribution in [2.45, 2.75) is 25.7 Å². The minimum Gasteiger partial charge on any atom is -0.492 e. The summed E-state index contributed by atoms with van der Waals surface area (Å²) in [5.41, 5.74) is 9.57. The van der Waals surface area contributed by atoms with E-state index in [9.17, 15) is 4.79 Å². The van der Waals surface area contributed by atoms with Crippen molar-refractivity contribution in [3.8, 4) is 5.75 Å². The van der Waals surface area contributed by atoms with Gasteiger partial charge in [0.15, 0.2) is 0 Å². The number of hydrogen-bond acceptors (Lipinski definition) is 3. The molecule has 4 nitrogen and oxygen atoms in total. The first-order valence-corrected chi connectivity index (χ1v) is 8.12. The van der Waals surface area contributed by atoms with Crippen LogP contribution in [0, 0.1) is 0 Å². The molecule has 3 rings (SSSR count). The zero-order valence-corrected chi connectivity index (χ0v) is 13.2. The van der Waals surface area contributed by atoms with Gasteiger partial charge < -0.3 is 15.8 Å². The monoisotopic (exact) mass is 310 g/mol. The molecule has 4 heteroatoms. The number of fused-ring (bicyclic) bond motifs is 1. The van der Waals surface area contributed by atoms with Crippen LogP contribution >= 0.6 is 0 Å². The van der Waals surface area contributed by atoms with Gasteiger partial charge in [0.2, 0.25) is 0 Å². The van der Waals surface area contributed by atoms with Crippen LogP contribution in [0.5, 0.6) is 5.75 Å². The second-order valence-corrected chi connectivity index (χ2v) is 5.81. The van der Waals surface area contributed by atoms with Gasteiger partial charge in [-0.15, -0.1) is 0 Å². The molecule has 2 aromatic rings.